The first-order valence-corrected chi connectivity index (χ1v) is 8.65. The van der Waals surface area contributed by atoms with Gasteiger partial charge < -0.3 is 4.90 Å². The van der Waals surface area contributed by atoms with Gasteiger partial charge in [0.15, 0.2) is 0 Å². The van der Waals surface area contributed by atoms with Gasteiger partial charge in [-0.15, -0.1) is 6.58 Å². The van der Waals surface area contributed by atoms with Crippen LogP contribution in [0.25, 0.3) is 0 Å². The van der Waals surface area contributed by atoms with Gasteiger partial charge in [-0.25, -0.2) is 8.42 Å². The quantitative estimate of drug-likeness (QED) is 0.767. The summed E-state index contributed by atoms with van der Waals surface area (Å²) in [6.07, 6.45) is 4.67. The molecule has 2 heterocycles. The van der Waals surface area contributed by atoms with Crippen LogP contribution in [-0.2, 0) is 10.0 Å². The molecule has 110 valence electrons. The molecule has 1 atom stereocenters. The smallest absolute Gasteiger partial charge is 0.224 e. The molecule has 1 fully saturated rings. The predicted octanol–water partition coefficient (Wildman–Crippen LogP) is 1.65. The minimum Gasteiger partial charge on any atom is -0.304 e. The van der Waals surface area contributed by atoms with Gasteiger partial charge in [0, 0.05) is 43.0 Å². The van der Waals surface area contributed by atoms with E-state index in [1.807, 2.05) is 7.05 Å². The number of likely N-dealkylation sites (N-methyl/N-ethyl adjacent to an activating group) is 1. The van der Waals surface area contributed by atoms with Crippen LogP contribution >= 0.6 is 15.9 Å². The SMILES string of the molecule is C=CC(c1cncc(Br)c1)S(=O)(=O)N1CCN(C)CC1. The summed E-state index contributed by atoms with van der Waals surface area (Å²) in [4.78, 5) is 6.16. The predicted molar refractivity (Wildman–Crippen MR) is 82.9 cm³/mol. The number of nitrogens with zero attached hydrogens (tertiary/aromatic N) is 3. The van der Waals surface area contributed by atoms with Gasteiger partial charge in [0.25, 0.3) is 0 Å². The van der Waals surface area contributed by atoms with Crippen LogP contribution in [0.2, 0.25) is 0 Å². The van der Waals surface area contributed by atoms with Crippen molar-refractivity contribution in [3.8, 4) is 0 Å². The minimum absolute atomic E-state index is 0.518. The van der Waals surface area contributed by atoms with Gasteiger partial charge in [0.2, 0.25) is 10.0 Å². The molecule has 0 saturated carbocycles. The molecule has 7 heteroatoms. The largest absolute Gasteiger partial charge is 0.304 e. The number of hydrogen-bond acceptors (Lipinski definition) is 4. The topological polar surface area (TPSA) is 53.5 Å². The highest BCUT2D eigenvalue weighted by molar-refractivity contribution is 9.10. The van der Waals surface area contributed by atoms with Gasteiger partial charge in [-0.1, -0.05) is 6.08 Å². The lowest BCUT2D eigenvalue weighted by molar-refractivity contribution is 0.221. The average molecular weight is 360 g/mol. The number of rotatable bonds is 4. The average Bonchev–Trinajstić information content (AvgIpc) is 2.40. The van der Waals surface area contributed by atoms with E-state index < -0.39 is 15.3 Å². The number of halogens is 1. The van der Waals surface area contributed by atoms with Crippen LogP contribution in [0.5, 0.6) is 0 Å². The Balaban J connectivity index is 2.28. The van der Waals surface area contributed by atoms with E-state index in [1.165, 1.54) is 6.08 Å². The van der Waals surface area contributed by atoms with Crippen LogP contribution in [0.15, 0.2) is 35.6 Å². The third kappa shape index (κ3) is 3.28. The van der Waals surface area contributed by atoms with Gasteiger partial charge in [-0.2, -0.15) is 4.31 Å². The Morgan fingerprint density at radius 3 is 2.55 bits per heavy atom. The molecule has 1 saturated heterocycles. The Morgan fingerprint density at radius 2 is 2.00 bits per heavy atom. The molecule has 0 aliphatic carbocycles. The van der Waals surface area contributed by atoms with Gasteiger partial charge in [0.1, 0.15) is 5.25 Å². The molecule has 0 aromatic carbocycles. The standard InChI is InChI=1S/C13H18BrN3O2S/c1-3-13(11-8-12(14)10-15-9-11)20(18,19)17-6-4-16(2)5-7-17/h3,8-10,13H,1,4-7H2,2H3. The Bertz CT molecular complexity index is 583. The molecule has 0 N–H and O–H groups in total. The maximum atomic E-state index is 12.7. The molecule has 0 spiro atoms. The zero-order valence-corrected chi connectivity index (χ0v) is 13.8. The Labute approximate surface area is 128 Å². The van der Waals surface area contributed by atoms with Crippen molar-refractivity contribution >= 4 is 26.0 Å². The Hall–Kier alpha value is -0.760. The molecule has 1 aliphatic rings. The number of aromatic nitrogens is 1. The first-order chi connectivity index (χ1) is 9.45. The van der Waals surface area contributed by atoms with E-state index in [2.05, 4.69) is 32.4 Å². The second-order valence-corrected chi connectivity index (χ2v) is 7.81. The molecular formula is C13H18BrN3O2S. The Morgan fingerprint density at radius 1 is 1.35 bits per heavy atom. The summed E-state index contributed by atoms with van der Waals surface area (Å²) in [7, 11) is -1.45. The second kappa shape index (κ2) is 6.34. The molecule has 0 radical (unpaired) electrons. The normalized spacial score (nSPS) is 19.7. The summed E-state index contributed by atoms with van der Waals surface area (Å²) < 4.78 is 27.8. The van der Waals surface area contributed by atoms with E-state index >= 15 is 0 Å². The monoisotopic (exact) mass is 359 g/mol. The van der Waals surface area contributed by atoms with Crippen molar-refractivity contribution in [3.63, 3.8) is 0 Å². The van der Waals surface area contributed by atoms with Crippen LogP contribution < -0.4 is 0 Å². The molecule has 2 rings (SSSR count). The molecule has 0 bridgehead atoms. The summed E-state index contributed by atoms with van der Waals surface area (Å²) >= 11 is 3.32. The third-order valence-corrected chi connectivity index (χ3v) is 6.04. The van der Waals surface area contributed by atoms with E-state index in [0.717, 1.165) is 17.6 Å². The molecule has 1 aromatic rings. The third-order valence-electron chi connectivity index (χ3n) is 3.41. The highest BCUT2D eigenvalue weighted by Crippen LogP contribution is 2.28. The number of pyridine rings is 1. The lowest BCUT2D eigenvalue weighted by Gasteiger charge is -2.33. The van der Waals surface area contributed by atoms with E-state index in [1.54, 1.807) is 22.8 Å². The molecule has 0 amide bonds. The van der Waals surface area contributed by atoms with Crippen LogP contribution in [0.1, 0.15) is 10.8 Å². The molecule has 1 aliphatic heterocycles. The molecule has 20 heavy (non-hydrogen) atoms. The first kappa shape index (κ1) is 15.6. The highest BCUT2D eigenvalue weighted by atomic mass is 79.9. The summed E-state index contributed by atoms with van der Waals surface area (Å²) in [5.74, 6) is 0. The lowest BCUT2D eigenvalue weighted by Crippen LogP contribution is -2.48. The van der Waals surface area contributed by atoms with Crippen molar-refractivity contribution in [2.45, 2.75) is 5.25 Å². The summed E-state index contributed by atoms with van der Waals surface area (Å²) in [5.41, 5.74) is 0.633. The zero-order chi connectivity index (χ0) is 14.8. The van der Waals surface area contributed by atoms with Crippen LogP contribution in [0.3, 0.4) is 0 Å². The number of hydrogen-bond donors (Lipinski definition) is 0. The zero-order valence-electron chi connectivity index (χ0n) is 11.4. The fourth-order valence-electron chi connectivity index (χ4n) is 2.22. The number of piperazine rings is 1. The first-order valence-electron chi connectivity index (χ1n) is 6.35. The van der Waals surface area contributed by atoms with Crippen LogP contribution in [0, 0.1) is 0 Å². The van der Waals surface area contributed by atoms with Gasteiger partial charge in [0.05, 0.1) is 0 Å². The molecule has 1 unspecified atom stereocenters. The number of sulfonamides is 1. The van der Waals surface area contributed by atoms with Crippen LogP contribution in [0.4, 0.5) is 0 Å². The summed E-state index contributed by atoms with van der Waals surface area (Å²) in [6.45, 7) is 6.22. The minimum atomic E-state index is -3.44. The van der Waals surface area contributed by atoms with Gasteiger partial charge >= 0.3 is 0 Å². The van der Waals surface area contributed by atoms with E-state index in [0.29, 0.717) is 18.7 Å². The maximum Gasteiger partial charge on any atom is 0.224 e. The molecule has 5 nitrogen and oxygen atoms in total. The van der Waals surface area contributed by atoms with Crippen LogP contribution in [-0.4, -0.2) is 55.8 Å². The van der Waals surface area contributed by atoms with Crippen molar-refractivity contribution in [1.82, 2.24) is 14.2 Å². The van der Waals surface area contributed by atoms with Crippen molar-refractivity contribution < 1.29 is 8.42 Å². The van der Waals surface area contributed by atoms with Crippen molar-refractivity contribution in [2.75, 3.05) is 33.2 Å². The Kier molecular flexibility index (Phi) is 4.95. The van der Waals surface area contributed by atoms with E-state index in [4.69, 9.17) is 0 Å². The summed E-state index contributed by atoms with van der Waals surface area (Å²) in [6, 6.07) is 1.77. The highest BCUT2D eigenvalue weighted by Gasteiger charge is 2.33. The van der Waals surface area contributed by atoms with Crippen molar-refractivity contribution in [3.05, 3.63) is 41.2 Å². The van der Waals surface area contributed by atoms with Crippen molar-refractivity contribution in [1.29, 1.82) is 0 Å². The fourth-order valence-corrected chi connectivity index (χ4v) is 4.31. The van der Waals surface area contributed by atoms with Crippen molar-refractivity contribution in [2.24, 2.45) is 0 Å². The maximum absolute atomic E-state index is 12.7. The fraction of sp³-hybridized carbons (Fsp3) is 0.462. The van der Waals surface area contributed by atoms with E-state index in [9.17, 15) is 8.42 Å². The van der Waals surface area contributed by atoms with E-state index in [-0.39, 0.29) is 0 Å². The van der Waals surface area contributed by atoms with Gasteiger partial charge in [-0.3, -0.25) is 4.98 Å². The molecule has 1 aromatic heterocycles. The summed E-state index contributed by atoms with van der Waals surface area (Å²) in [5, 5.41) is -0.754. The molecular weight excluding hydrogens is 342 g/mol. The second-order valence-electron chi connectivity index (χ2n) is 4.84. The van der Waals surface area contributed by atoms with Gasteiger partial charge in [-0.05, 0) is 34.6 Å². The lowest BCUT2D eigenvalue weighted by atomic mass is 10.2.